The van der Waals surface area contributed by atoms with Gasteiger partial charge in [-0.1, -0.05) is 25.1 Å². The molecule has 0 radical (unpaired) electrons. The molecule has 29 heavy (non-hydrogen) atoms. The van der Waals surface area contributed by atoms with Gasteiger partial charge < -0.3 is 15.0 Å². The third-order valence-corrected chi connectivity index (χ3v) is 5.67. The highest BCUT2D eigenvalue weighted by Crippen LogP contribution is 2.35. The second kappa shape index (κ2) is 7.23. The van der Waals surface area contributed by atoms with Crippen molar-refractivity contribution in [2.75, 3.05) is 6.61 Å². The summed E-state index contributed by atoms with van der Waals surface area (Å²) in [7, 11) is 0. The Bertz CT molecular complexity index is 990. The van der Waals surface area contributed by atoms with Gasteiger partial charge in [0.25, 0.3) is 11.8 Å². The summed E-state index contributed by atoms with van der Waals surface area (Å²) >= 11 is 0. The molecule has 1 saturated carbocycles. The molecule has 9 heteroatoms. The number of rotatable bonds is 4. The summed E-state index contributed by atoms with van der Waals surface area (Å²) in [6.45, 7) is 1.50. The Kier molecular flexibility index (Phi) is 4.73. The van der Waals surface area contributed by atoms with E-state index >= 15 is 0 Å². The van der Waals surface area contributed by atoms with E-state index < -0.39 is 36.0 Å². The number of carbonyl (C=O) groups is 4. The number of esters is 1. The van der Waals surface area contributed by atoms with Gasteiger partial charge in [-0.25, -0.2) is 9.59 Å². The highest BCUT2D eigenvalue weighted by atomic mass is 16.5. The number of hydrogen-bond acceptors (Lipinski definition) is 5. The highest BCUT2D eigenvalue weighted by Gasteiger charge is 2.52. The molecule has 1 saturated heterocycles. The standard InChI is InChI=1S/C20H22N4O5/c1-12-6-8-20(9-7-12)18(27)24(19(28)22-20)23-16(25)11-29-17(26)14-10-21-15-5-3-2-4-13(14)15/h2-5,10,12,21H,6-9,11H2,1H3,(H,22,28)(H,23,25). The molecule has 2 aromatic rings. The maximum Gasteiger partial charge on any atom is 0.344 e. The quantitative estimate of drug-likeness (QED) is 0.536. The number of nitrogens with zero attached hydrogens (tertiary/aromatic N) is 1. The van der Waals surface area contributed by atoms with Crippen LogP contribution in [0.25, 0.3) is 10.9 Å². The summed E-state index contributed by atoms with van der Waals surface area (Å²) in [5.41, 5.74) is 2.38. The van der Waals surface area contributed by atoms with Gasteiger partial charge in [0.2, 0.25) is 0 Å². The third kappa shape index (κ3) is 3.43. The van der Waals surface area contributed by atoms with Gasteiger partial charge in [-0.05, 0) is 37.7 Å². The topological polar surface area (TPSA) is 121 Å². The fourth-order valence-electron chi connectivity index (χ4n) is 3.92. The molecular weight excluding hydrogens is 376 g/mol. The Morgan fingerprint density at radius 1 is 1.24 bits per heavy atom. The van der Waals surface area contributed by atoms with E-state index in [0.717, 1.165) is 18.4 Å². The predicted octanol–water partition coefficient (Wildman–Crippen LogP) is 1.86. The van der Waals surface area contributed by atoms with Crippen LogP contribution in [0.2, 0.25) is 0 Å². The Labute approximate surface area is 166 Å². The molecule has 4 amide bonds. The van der Waals surface area contributed by atoms with Crippen LogP contribution in [0.15, 0.2) is 30.5 Å². The van der Waals surface area contributed by atoms with Gasteiger partial charge in [0.05, 0.1) is 5.56 Å². The van der Waals surface area contributed by atoms with Crippen LogP contribution in [0.5, 0.6) is 0 Å². The average molecular weight is 398 g/mol. The third-order valence-electron chi connectivity index (χ3n) is 5.67. The molecule has 4 rings (SSSR count). The second-order valence-electron chi connectivity index (χ2n) is 7.69. The van der Waals surface area contributed by atoms with Crippen LogP contribution < -0.4 is 10.7 Å². The van der Waals surface area contributed by atoms with Crippen LogP contribution in [0.3, 0.4) is 0 Å². The minimum absolute atomic E-state index is 0.304. The second-order valence-corrected chi connectivity index (χ2v) is 7.69. The number of aromatic nitrogens is 1. The zero-order chi connectivity index (χ0) is 20.6. The van der Waals surface area contributed by atoms with Gasteiger partial charge in [-0.15, -0.1) is 0 Å². The predicted molar refractivity (Wildman–Crippen MR) is 102 cm³/mol. The van der Waals surface area contributed by atoms with Gasteiger partial charge in [-0.3, -0.25) is 15.0 Å². The van der Waals surface area contributed by atoms with Crippen LogP contribution in [-0.4, -0.2) is 46.0 Å². The number of ether oxygens (including phenoxy) is 1. The van der Waals surface area contributed by atoms with Crippen molar-refractivity contribution in [2.45, 2.75) is 38.1 Å². The van der Waals surface area contributed by atoms with Crippen molar-refractivity contribution in [2.24, 2.45) is 5.92 Å². The van der Waals surface area contributed by atoms with E-state index in [0.29, 0.717) is 34.7 Å². The number of aromatic amines is 1. The number of para-hydroxylation sites is 1. The van der Waals surface area contributed by atoms with Crippen molar-refractivity contribution in [1.82, 2.24) is 20.7 Å². The number of amides is 4. The normalized spacial score (nSPS) is 24.0. The van der Waals surface area contributed by atoms with Gasteiger partial charge in [-0.2, -0.15) is 5.01 Å². The summed E-state index contributed by atoms with van der Waals surface area (Å²) in [5, 5.41) is 4.09. The van der Waals surface area contributed by atoms with Crippen LogP contribution in [0, 0.1) is 5.92 Å². The van der Waals surface area contributed by atoms with Crippen molar-refractivity contribution in [3.05, 3.63) is 36.0 Å². The number of nitrogens with one attached hydrogen (secondary N) is 3. The number of fused-ring (bicyclic) bond motifs is 1. The van der Waals surface area contributed by atoms with Crippen molar-refractivity contribution in [3.8, 4) is 0 Å². The van der Waals surface area contributed by atoms with E-state index in [4.69, 9.17) is 4.74 Å². The van der Waals surface area contributed by atoms with Crippen LogP contribution in [0.1, 0.15) is 43.0 Å². The minimum atomic E-state index is -0.947. The number of benzene rings is 1. The number of carbonyl (C=O) groups excluding carboxylic acids is 4. The van der Waals surface area contributed by atoms with Gasteiger partial charge in [0, 0.05) is 17.1 Å². The summed E-state index contributed by atoms with van der Waals surface area (Å²) in [6.07, 6.45) is 4.25. The molecule has 1 spiro atoms. The van der Waals surface area contributed by atoms with E-state index in [1.165, 1.54) is 6.20 Å². The lowest BCUT2D eigenvalue weighted by molar-refractivity contribution is -0.141. The number of H-pyrrole nitrogens is 1. The molecule has 3 N–H and O–H groups in total. The number of imide groups is 1. The molecule has 0 bridgehead atoms. The lowest BCUT2D eigenvalue weighted by Gasteiger charge is -2.33. The van der Waals surface area contributed by atoms with E-state index in [-0.39, 0.29) is 0 Å². The maximum atomic E-state index is 12.7. The van der Waals surface area contributed by atoms with Gasteiger partial charge in [0.1, 0.15) is 5.54 Å². The first-order chi connectivity index (χ1) is 13.9. The Morgan fingerprint density at radius 2 is 1.97 bits per heavy atom. The lowest BCUT2D eigenvalue weighted by Crippen LogP contribution is -2.52. The molecule has 2 heterocycles. The first kappa shape index (κ1) is 19.0. The molecule has 152 valence electrons. The first-order valence-corrected chi connectivity index (χ1v) is 9.59. The molecule has 1 aromatic carbocycles. The molecule has 0 atom stereocenters. The monoisotopic (exact) mass is 398 g/mol. The van der Waals surface area contributed by atoms with Gasteiger partial charge >= 0.3 is 12.0 Å². The molecule has 9 nitrogen and oxygen atoms in total. The van der Waals surface area contributed by atoms with Crippen LogP contribution >= 0.6 is 0 Å². The summed E-state index contributed by atoms with van der Waals surface area (Å²) in [4.78, 5) is 52.4. The van der Waals surface area contributed by atoms with Crippen molar-refractivity contribution >= 4 is 34.7 Å². The lowest BCUT2D eigenvalue weighted by atomic mass is 9.77. The van der Waals surface area contributed by atoms with E-state index in [1.54, 1.807) is 12.1 Å². The number of hydrogen-bond donors (Lipinski definition) is 3. The van der Waals surface area contributed by atoms with E-state index in [1.807, 2.05) is 12.1 Å². The highest BCUT2D eigenvalue weighted by molar-refractivity contribution is 6.08. The summed E-state index contributed by atoms with van der Waals surface area (Å²) in [6, 6.07) is 6.54. The fourth-order valence-corrected chi connectivity index (χ4v) is 3.92. The molecule has 1 aliphatic heterocycles. The smallest absolute Gasteiger partial charge is 0.344 e. The Hall–Kier alpha value is -3.36. The summed E-state index contributed by atoms with van der Waals surface area (Å²) in [5.74, 6) is -1.40. The SMILES string of the molecule is CC1CCC2(CC1)NC(=O)N(NC(=O)COC(=O)c1c[nH]c3ccccc13)C2=O. The first-order valence-electron chi connectivity index (χ1n) is 9.59. The Balaban J connectivity index is 1.35. The van der Waals surface area contributed by atoms with Gasteiger partial charge in [0.15, 0.2) is 6.61 Å². The number of hydrazine groups is 1. The van der Waals surface area contributed by atoms with Crippen molar-refractivity contribution in [1.29, 1.82) is 0 Å². The molecule has 0 unspecified atom stereocenters. The Morgan fingerprint density at radius 3 is 2.72 bits per heavy atom. The average Bonchev–Trinajstić information content (AvgIpc) is 3.24. The van der Waals surface area contributed by atoms with Crippen molar-refractivity contribution < 1.29 is 23.9 Å². The van der Waals surface area contributed by atoms with Crippen LogP contribution in [0.4, 0.5) is 4.79 Å². The zero-order valence-corrected chi connectivity index (χ0v) is 16.0. The molecule has 2 fully saturated rings. The van der Waals surface area contributed by atoms with Crippen LogP contribution in [-0.2, 0) is 14.3 Å². The maximum absolute atomic E-state index is 12.7. The van der Waals surface area contributed by atoms with Crippen molar-refractivity contribution in [3.63, 3.8) is 0 Å². The van der Waals surface area contributed by atoms with E-state index in [2.05, 4.69) is 22.7 Å². The number of urea groups is 1. The minimum Gasteiger partial charge on any atom is -0.452 e. The molecule has 1 aromatic heterocycles. The molecular formula is C20H22N4O5. The summed E-state index contributed by atoms with van der Waals surface area (Å²) < 4.78 is 5.05. The van der Waals surface area contributed by atoms with E-state index in [9.17, 15) is 19.2 Å². The largest absolute Gasteiger partial charge is 0.452 e. The fraction of sp³-hybridized carbons (Fsp3) is 0.400. The molecule has 2 aliphatic rings. The molecule has 1 aliphatic carbocycles. The zero-order valence-electron chi connectivity index (χ0n) is 16.0.